The predicted molar refractivity (Wildman–Crippen MR) is 81.6 cm³/mol. The highest BCUT2D eigenvalue weighted by atomic mass is 35.5. The second-order valence-corrected chi connectivity index (χ2v) is 7.68. The van der Waals surface area contributed by atoms with Gasteiger partial charge in [0.2, 0.25) is 10.0 Å². The Hall–Kier alpha value is -0.560. The fraction of sp³-hybridized carbons (Fsp3) is 0.500. The molecule has 0 aliphatic carbocycles. The van der Waals surface area contributed by atoms with Crippen LogP contribution in [0.1, 0.15) is 20.8 Å². The summed E-state index contributed by atoms with van der Waals surface area (Å²) in [5, 5.41) is 2.18. The zero-order valence-electron chi connectivity index (χ0n) is 11.4. The van der Waals surface area contributed by atoms with Crippen LogP contribution in [0.15, 0.2) is 12.1 Å². The van der Waals surface area contributed by atoms with Crippen molar-refractivity contribution < 1.29 is 12.8 Å². The maximum Gasteiger partial charge on any atom is 0.236 e. The molecule has 0 aliphatic rings. The van der Waals surface area contributed by atoms with Crippen LogP contribution in [0.4, 0.5) is 10.1 Å². The molecule has 1 rings (SSSR count). The third kappa shape index (κ3) is 4.77. The average Bonchev–Trinajstić information content (AvgIpc) is 2.30. The van der Waals surface area contributed by atoms with Crippen molar-refractivity contribution >= 4 is 38.9 Å². The Morgan fingerprint density at radius 1 is 1.20 bits per heavy atom. The van der Waals surface area contributed by atoms with Gasteiger partial charge in [0.15, 0.2) is 0 Å². The fourth-order valence-electron chi connectivity index (χ4n) is 1.39. The normalized spacial score (nSPS) is 13.6. The van der Waals surface area contributed by atoms with Gasteiger partial charge in [-0.3, -0.25) is 4.72 Å². The van der Waals surface area contributed by atoms with Gasteiger partial charge in [0, 0.05) is 12.6 Å². The molecule has 0 amide bonds. The van der Waals surface area contributed by atoms with Gasteiger partial charge in [-0.2, -0.15) is 0 Å². The van der Waals surface area contributed by atoms with Crippen LogP contribution in [-0.2, 0) is 10.0 Å². The van der Waals surface area contributed by atoms with Gasteiger partial charge in [0.25, 0.3) is 0 Å². The summed E-state index contributed by atoms with van der Waals surface area (Å²) in [6.45, 7) is 5.67. The zero-order chi connectivity index (χ0) is 15.5. The number of halogens is 3. The van der Waals surface area contributed by atoms with Crippen molar-refractivity contribution in [2.75, 3.05) is 11.3 Å². The minimum Gasteiger partial charge on any atom is -0.313 e. The number of nitrogens with one attached hydrogen (secondary N) is 2. The molecule has 0 spiro atoms. The Labute approximate surface area is 128 Å². The maximum absolute atomic E-state index is 13.1. The molecule has 1 aromatic carbocycles. The first-order valence-corrected chi connectivity index (χ1v) is 8.33. The van der Waals surface area contributed by atoms with Crippen molar-refractivity contribution in [2.45, 2.75) is 32.1 Å². The SMILES string of the molecule is CC(C)NCC(C)S(=O)(=O)Nc1c(Cl)cc(F)cc1Cl. The lowest BCUT2D eigenvalue weighted by molar-refractivity contribution is 0.553. The van der Waals surface area contributed by atoms with Crippen molar-refractivity contribution in [3.8, 4) is 0 Å². The first-order chi connectivity index (χ1) is 9.13. The van der Waals surface area contributed by atoms with E-state index in [0.717, 1.165) is 12.1 Å². The van der Waals surface area contributed by atoms with Crippen LogP contribution >= 0.6 is 23.2 Å². The van der Waals surface area contributed by atoms with E-state index in [9.17, 15) is 12.8 Å². The van der Waals surface area contributed by atoms with Crippen LogP contribution < -0.4 is 10.0 Å². The van der Waals surface area contributed by atoms with E-state index in [1.165, 1.54) is 0 Å². The third-order valence-electron chi connectivity index (χ3n) is 2.59. The van der Waals surface area contributed by atoms with E-state index >= 15 is 0 Å². The summed E-state index contributed by atoms with van der Waals surface area (Å²) < 4.78 is 39.6. The first kappa shape index (κ1) is 17.5. The van der Waals surface area contributed by atoms with E-state index in [1.54, 1.807) is 6.92 Å². The van der Waals surface area contributed by atoms with Gasteiger partial charge in [0.1, 0.15) is 5.82 Å². The van der Waals surface area contributed by atoms with Crippen molar-refractivity contribution in [1.29, 1.82) is 0 Å². The molecule has 0 saturated heterocycles. The highest BCUT2D eigenvalue weighted by molar-refractivity contribution is 7.93. The quantitative estimate of drug-likeness (QED) is 0.834. The molecule has 0 heterocycles. The average molecular weight is 343 g/mol. The molecule has 0 radical (unpaired) electrons. The molecular formula is C12H17Cl2FN2O2S. The molecule has 8 heteroatoms. The molecular weight excluding hydrogens is 326 g/mol. The highest BCUT2D eigenvalue weighted by Gasteiger charge is 2.23. The summed E-state index contributed by atoms with van der Waals surface area (Å²) in [6.07, 6.45) is 0. The lowest BCUT2D eigenvalue weighted by Crippen LogP contribution is -2.37. The van der Waals surface area contributed by atoms with Crippen molar-refractivity contribution in [3.05, 3.63) is 28.0 Å². The summed E-state index contributed by atoms with van der Waals surface area (Å²) in [7, 11) is -3.67. The van der Waals surface area contributed by atoms with E-state index in [-0.39, 0.29) is 28.3 Å². The lowest BCUT2D eigenvalue weighted by Gasteiger charge is -2.18. The number of benzene rings is 1. The van der Waals surface area contributed by atoms with Crippen molar-refractivity contribution in [3.63, 3.8) is 0 Å². The lowest BCUT2D eigenvalue weighted by atomic mass is 10.3. The second-order valence-electron chi connectivity index (χ2n) is 4.77. The second kappa shape index (κ2) is 6.93. The Morgan fingerprint density at radius 2 is 1.70 bits per heavy atom. The van der Waals surface area contributed by atoms with E-state index in [4.69, 9.17) is 23.2 Å². The Kier molecular flexibility index (Phi) is 6.06. The molecule has 1 unspecified atom stereocenters. The Bertz CT molecular complexity index is 556. The molecule has 4 nitrogen and oxygen atoms in total. The van der Waals surface area contributed by atoms with Crippen LogP contribution in [0, 0.1) is 5.82 Å². The summed E-state index contributed by atoms with van der Waals surface area (Å²) in [5.74, 6) is -0.627. The monoisotopic (exact) mass is 342 g/mol. The molecule has 114 valence electrons. The third-order valence-corrected chi connectivity index (χ3v) is 4.91. The minimum absolute atomic E-state index is 0.00821. The number of hydrogen-bond donors (Lipinski definition) is 2. The number of anilines is 1. The number of sulfonamides is 1. The van der Waals surface area contributed by atoms with Gasteiger partial charge in [0.05, 0.1) is 21.0 Å². The van der Waals surface area contributed by atoms with Crippen LogP contribution in [0.25, 0.3) is 0 Å². The predicted octanol–water partition coefficient (Wildman–Crippen LogP) is 3.26. The molecule has 20 heavy (non-hydrogen) atoms. The van der Waals surface area contributed by atoms with E-state index in [2.05, 4.69) is 10.0 Å². The van der Waals surface area contributed by atoms with Gasteiger partial charge in [-0.1, -0.05) is 37.0 Å². The molecule has 0 saturated carbocycles. The van der Waals surface area contributed by atoms with Gasteiger partial charge in [-0.25, -0.2) is 12.8 Å². The smallest absolute Gasteiger partial charge is 0.236 e. The molecule has 1 atom stereocenters. The summed E-state index contributed by atoms with van der Waals surface area (Å²) in [4.78, 5) is 0. The molecule has 1 aromatic rings. The largest absolute Gasteiger partial charge is 0.313 e. The van der Waals surface area contributed by atoms with Gasteiger partial charge >= 0.3 is 0 Å². The first-order valence-electron chi connectivity index (χ1n) is 6.03. The van der Waals surface area contributed by atoms with Crippen molar-refractivity contribution in [1.82, 2.24) is 5.32 Å². The molecule has 2 N–H and O–H groups in total. The van der Waals surface area contributed by atoms with Gasteiger partial charge in [-0.15, -0.1) is 0 Å². The topological polar surface area (TPSA) is 58.2 Å². The summed E-state index contributed by atoms with van der Waals surface area (Å²) >= 11 is 11.6. The van der Waals surface area contributed by atoms with Gasteiger partial charge in [-0.05, 0) is 19.1 Å². The van der Waals surface area contributed by atoms with Crippen LogP contribution in [0.2, 0.25) is 10.0 Å². The molecule has 0 aromatic heterocycles. The maximum atomic E-state index is 13.1. The number of rotatable bonds is 6. The molecule has 0 fully saturated rings. The Morgan fingerprint density at radius 3 is 2.15 bits per heavy atom. The highest BCUT2D eigenvalue weighted by Crippen LogP contribution is 2.32. The molecule has 0 bridgehead atoms. The van der Waals surface area contributed by atoms with E-state index < -0.39 is 21.1 Å². The van der Waals surface area contributed by atoms with Crippen LogP contribution in [-0.4, -0.2) is 26.3 Å². The minimum atomic E-state index is -3.67. The summed E-state index contributed by atoms with van der Waals surface area (Å²) in [6, 6.07) is 2.18. The summed E-state index contributed by atoms with van der Waals surface area (Å²) in [5.41, 5.74) is -0.00821. The van der Waals surface area contributed by atoms with E-state index in [0.29, 0.717) is 0 Å². The van der Waals surface area contributed by atoms with Crippen LogP contribution in [0.5, 0.6) is 0 Å². The van der Waals surface area contributed by atoms with Crippen LogP contribution in [0.3, 0.4) is 0 Å². The van der Waals surface area contributed by atoms with Gasteiger partial charge < -0.3 is 5.32 Å². The number of hydrogen-bond acceptors (Lipinski definition) is 3. The molecule has 0 aliphatic heterocycles. The Balaban J connectivity index is 2.91. The fourth-order valence-corrected chi connectivity index (χ4v) is 3.08. The van der Waals surface area contributed by atoms with E-state index in [1.807, 2.05) is 13.8 Å². The van der Waals surface area contributed by atoms with Crippen molar-refractivity contribution in [2.24, 2.45) is 0 Å². The standard InChI is InChI=1S/C12H17Cl2FN2O2S/c1-7(2)16-6-8(3)20(18,19)17-12-10(13)4-9(15)5-11(12)14/h4-5,7-8,16-17H,6H2,1-3H3. The zero-order valence-corrected chi connectivity index (χ0v) is 13.7.